The maximum atomic E-state index is 5.47. The van der Waals surface area contributed by atoms with Gasteiger partial charge in [-0.2, -0.15) is 0 Å². The van der Waals surface area contributed by atoms with Crippen molar-refractivity contribution >= 4 is 17.2 Å². The zero-order valence-corrected chi connectivity index (χ0v) is 10.2. The van der Waals surface area contributed by atoms with Crippen LogP contribution >= 0.6 is 12.2 Å². The summed E-state index contributed by atoms with van der Waals surface area (Å²) in [6, 6.07) is 0. The number of nitrogens with two attached hydrogens (primary N) is 1. The smallest absolute Gasteiger partial charge is 0.0779 e. The van der Waals surface area contributed by atoms with E-state index in [2.05, 4.69) is 6.92 Å². The van der Waals surface area contributed by atoms with E-state index in [1.165, 1.54) is 25.7 Å². The summed E-state index contributed by atoms with van der Waals surface area (Å²) in [4.78, 5) is 0.552. The van der Waals surface area contributed by atoms with Crippen molar-refractivity contribution in [1.82, 2.24) is 0 Å². The van der Waals surface area contributed by atoms with Crippen LogP contribution in [0.1, 0.15) is 46.0 Å². The summed E-state index contributed by atoms with van der Waals surface area (Å²) in [5, 5.41) is 0. The number of thiocarbonyl (C=S) groups is 1. The van der Waals surface area contributed by atoms with Gasteiger partial charge in [0.2, 0.25) is 0 Å². The quantitative estimate of drug-likeness (QED) is 0.476. The van der Waals surface area contributed by atoms with E-state index in [0.717, 1.165) is 13.0 Å². The van der Waals surface area contributed by atoms with E-state index in [4.69, 9.17) is 22.7 Å². The number of hydrogen-bond acceptors (Lipinski definition) is 2. The second kappa shape index (κ2) is 9.41. The summed E-state index contributed by atoms with van der Waals surface area (Å²) in [5.74, 6) is 0.209. The minimum Gasteiger partial charge on any atom is -0.393 e. The molecule has 0 amide bonds. The van der Waals surface area contributed by atoms with Crippen molar-refractivity contribution in [3.05, 3.63) is 0 Å². The first-order valence-electron chi connectivity index (χ1n) is 5.55. The first kappa shape index (κ1) is 13.8. The zero-order valence-electron chi connectivity index (χ0n) is 9.42. The molecule has 0 aromatic rings. The number of unbranched alkanes of at least 4 members (excludes halogenated alkanes) is 4. The van der Waals surface area contributed by atoms with Gasteiger partial charge in [0.15, 0.2) is 0 Å². The Morgan fingerprint density at radius 1 is 1.29 bits per heavy atom. The summed E-state index contributed by atoms with van der Waals surface area (Å²) in [7, 11) is 0. The molecule has 0 aromatic carbocycles. The average Bonchev–Trinajstić information content (AvgIpc) is 2.16. The van der Waals surface area contributed by atoms with E-state index in [0.29, 0.717) is 11.6 Å². The van der Waals surface area contributed by atoms with Crippen molar-refractivity contribution in [2.75, 3.05) is 13.2 Å². The summed E-state index contributed by atoms with van der Waals surface area (Å²) in [6.45, 7) is 5.74. The van der Waals surface area contributed by atoms with Crippen LogP contribution < -0.4 is 5.73 Å². The van der Waals surface area contributed by atoms with Gasteiger partial charge in [0.1, 0.15) is 0 Å². The molecule has 0 aliphatic rings. The van der Waals surface area contributed by atoms with Crippen molar-refractivity contribution in [3.63, 3.8) is 0 Å². The highest BCUT2D eigenvalue weighted by Gasteiger charge is 2.03. The summed E-state index contributed by atoms with van der Waals surface area (Å²) in [6.07, 6.45) is 6.38. The van der Waals surface area contributed by atoms with Crippen LogP contribution in [0.3, 0.4) is 0 Å². The molecule has 0 saturated carbocycles. The molecule has 0 rings (SSSR count). The Hall–Kier alpha value is -0.150. The average molecular weight is 217 g/mol. The fourth-order valence-electron chi connectivity index (χ4n) is 1.15. The molecular weight excluding hydrogens is 194 g/mol. The molecular formula is C11H23NOS. The molecule has 3 heteroatoms. The van der Waals surface area contributed by atoms with Gasteiger partial charge in [-0.05, 0) is 6.42 Å². The van der Waals surface area contributed by atoms with Crippen LogP contribution in [-0.4, -0.2) is 18.2 Å². The van der Waals surface area contributed by atoms with Crippen LogP contribution in [0, 0.1) is 5.92 Å². The Bertz CT molecular complexity index is 150. The van der Waals surface area contributed by atoms with E-state index >= 15 is 0 Å². The monoisotopic (exact) mass is 217 g/mol. The van der Waals surface area contributed by atoms with E-state index in [1.54, 1.807) is 0 Å². The van der Waals surface area contributed by atoms with Crippen LogP contribution in [0.5, 0.6) is 0 Å². The predicted molar refractivity (Wildman–Crippen MR) is 65.5 cm³/mol. The van der Waals surface area contributed by atoms with Gasteiger partial charge in [0.05, 0.1) is 11.6 Å². The van der Waals surface area contributed by atoms with Crippen LogP contribution in [0.2, 0.25) is 0 Å². The lowest BCUT2D eigenvalue weighted by molar-refractivity contribution is 0.117. The minimum atomic E-state index is 0.209. The molecule has 14 heavy (non-hydrogen) atoms. The molecule has 0 saturated heterocycles. The van der Waals surface area contributed by atoms with Gasteiger partial charge in [0.25, 0.3) is 0 Å². The van der Waals surface area contributed by atoms with Gasteiger partial charge < -0.3 is 10.5 Å². The highest BCUT2D eigenvalue weighted by molar-refractivity contribution is 7.80. The second-order valence-corrected chi connectivity index (χ2v) is 4.26. The van der Waals surface area contributed by atoms with Gasteiger partial charge in [-0.3, -0.25) is 0 Å². The van der Waals surface area contributed by atoms with Gasteiger partial charge in [-0.25, -0.2) is 0 Å². The molecule has 1 unspecified atom stereocenters. The Morgan fingerprint density at radius 2 is 1.93 bits per heavy atom. The fourth-order valence-corrected chi connectivity index (χ4v) is 1.22. The van der Waals surface area contributed by atoms with Crippen LogP contribution in [0.25, 0.3) is 0 Å². The first-order chi connectivity index (χ1) is 6.68. The topological polar surface area (TPSA) is 35.2 Å². The Kier molecular flexibility index (Phi) is 9.31. The van der Waals surface area contributed by atoms with Crippen molar-refractivity contribution in [1.29, 1.82) is 0 Å². The number of rotatable bonds is 9. The molecule has 0 spiro atoms. The molecule has 0 bridgehead atoms. The lowest BCUT2D eigenvalue weighted by Gasteiger charge is -2.09. The maximum Gasteiger partial charge on any atom is 0.0779 e. The normalized spacial score (nSPS) is 12.7. The van der Waals surface area contributed by atoms with Gasteiger partial charge in [-0.15, -0.1) is 0 Å². The third-order valence-corrected chi connectivity index (χ3v) is 2.65. The van der Waals surface area contributed by atoms with Crippen LogP contribution in [0.4, 0.5) is 0 Å². The number of ether oxygens (including phenoxy) is 1. The standard InChI is InChI=1S/C11H23NOS/c1-3-4-5-6-7-8-13-9-10(2)11(12)14/h10H,3-9H2,1-2H3,(H2,12,14). The zero-order chi connectivity index (χ0) is 10.8. The Morgan fingerprint density at radius 3 is 2.50 bits per heavy atom. The molecule has 84 valence electrons. The van der Waals surface area contributed by atoms with Crippen molar-refractivity contribution < 1.29 is 4.74 Å². The molecule has 0 aromatic heterocycles. The number of hydrogen-bond donors (Lipinski definition) is 1. The largest absolute Gasteiger partial charge is 0.393 e. The van der Waals surface area contributed by atoms with E-state index in [9.17, 15) is 0 Å². The molecule has 0 fully saturated rings. The SMILES string of the molecule is CCCCCCCOCC(C)C(N)=S. The van der Waals surface area contributed by atoms with Crippen LogP contribution in [0.15, 0.2) is 0 Å². The Labute approximate surface area is 93.2 Å². The molecule has 0 aliphatic carbocycles. The summed E-state index contributed by atoms with van der Waals surface area (Å²) in [5.41, 5.74) is 5.47. The molecule has 1 atom stereocenters. The molecule has 0 heterocycles. The lowest BCUT2D eigenvalue weighted by atomic mass is 10.2. The van der Waals surface area contributed by atoms with Gasteiger partial charge in [0, 0.05) is 12.5 Å². The third-order valence-electron chi connectivity index (χ3n) is 2.25. The third kappa shape index (κ3) is 8.45. The van der Waals surface area contributed by atoms with E-state index in [1.807, 2.05) is 6.92 Å². The maximum absolute atomic E-state index is 5.47. The summed E-state index contributed by atoms with van der Waals surface area (Å²) >= 11 is 4.85. The van der Waals surface area contributed by atoms with Gasteiger partial charge >= 0.3 is 0 Å². The van der Waals surface area contributed by atoms with E-state index < -0.39 is 0 Å². The van der Waals surface area contributed by atoms with Crippen molar-refractivity contribution in [2.24, 2.45) is 11.7 Å². The second-order valence-electron chi connectivity index (χ2n) is 3.79. The minimum absolute atomic E-state index is 0.209. The Balaban J connectivity index is 3.09. The molecule has 0 aliphatic heterocycles. The highest BCUT2D eigenvalue weighted by atomic mass is 32.1. The molecule has 0 radical (unpaired) electrons. The molecule has 2 nitrogen and oxygen atoms in total. The predicted octanol–water partition coefficient (Wildman–Crippen LogP) is 2.90. The van der Waals surface area contributed by atoms with Crippen molar-refractivity contribution in [2.45, 2.75) is 46.0 Å². The van der Waals surface area contributed by atoms with E-state index in [-0.39, 0.29) is 5.92 Å². The fraction of sp³-hybridized carbons (Fsp3) is 0.909. The van der Waals surface area contributed by atoms with Gasteiger partial charge in [-0.1, -0.05) is 51.7 Å². The lowest BCUT2D eigenvalue weighted by Crippen LogP contribution is -2.22. The first-order valence-corrected chi connectivity index (χ1v) is 5.96. The summed E-state index contributed by atoms with van der Waals surface area (Å²) < 4.78 is 5.47. The highest BCUT2D eigenvalue weighted by Crippen LogP contribution is 2.03. The van der Waals surface area contributed by atoms with Crippen molar-refractivity contribution in [3.8, 4) is 0 Å². The van der Waals surface area contributed by atoms with Crippen LogP contribution in [-0.2, 0) is 4.74 Å². The molecule has 2 N–H and O–H groups in total.